The van der Waals surface area contributed by atoms with Gasteiger partial charge in [-0.1, -0.05) is 22.7 Å². The predicted octanol–water partition coefficient (Wildman–Crippen LogP) is 4.90. The van der Waals surface area contributed by atoms with E-state index >= 15 is 0 Å². The van der Waals surface area contributed by atoms with Gasteiger partial charge in [-0.15, -0.1) is 0 Å². The lowest BCUT2D eigenvalue weighted by Crippen LogP contribution is -2.28. The zero-order valence-corrected chi connectivity index (χ0v) is 43.0. The van der Waals surface area contributed by atoms with Crippen LogP contribution in [0.5, 0.6) is 0 Å². The third kappa shape index (κ3) is 14.4. The molecule has 0 aliphatic heterocycles. The average Bonchev–Trinajstić information content (AvgIpc) is 4.17. The number of anilines is 6. The first-order valence-electron chi connectivity index (χ1n) is 23.1. The van der Waals surface area contributed by atoms with Gasteiger partial charge in [0.1, 0.15) is 32.8 Å². The van der Waals surface area contributed by atoms with Crippen molar-refractivity contribution < 1.29 is 28.8 Å². The van der Waals surface area contributed by atoms with Crippen LogP contribution >= 0.6 is 22.7 Å². The zero-order valence-electron chi connectivity index (χ0n) is 41.4. The number of unbranched alkanes of at least 4 members (excludes halogenated alkanes) is 2. The Morgan fingerprint density at radius 2 is 0.915 bits per heavy atom. The molecular formula is C47H64N16O6S2. The Labute approximate surface area is 420 Å². The molecule has 0 fully saturated rings. The molecule has 0 aliphatic rings. The Balaban J connectivity index is 1.16. The van der Waals surface area contributed by atoms with Crippen LogP contribution in [-0.4, -0.2) is 128 Å². The van der Waals surface area contributed by atoms with Crippen molar-refractivity contribution in [1.82, 2.24) is 48.7 Å². The van der Waals surface area contributed by atoms with Crippen LogP contribution in [-0.2, 0) is 27.2 Å². The fraction of sp³-hybridized carbons (Fsp3) is 0.404. The number of nitrogens with zero attached hydrogens (tertiary/aromatic N) is 8. The van der Waals surface area contributed by atoms with E-state index < -0.39 is 23.6 Å². The van der Waals surface area contributed by atoms with Crippen molar-refractivity contribution in [1.29, 1.82) is 0 Å². The lowest BCUT2D eigenvalue weighted by atomic mass is 10.2. The number of aryl methyl sites for hydroxylation is 6. The fourth-order valence-corrected chi connectivity index (χ4v) is 9.12. The van der Waals surface area contributed by atoms with Gasteiger partial charge in [-0.25, -0.2) is 9.97 Å². The highest BCUT2D eigenvalue weighted by atomic mass is 32.1. The van der Waals surface area contributed by atoms with Gasteiger partial charge in [0.15, 0.2) is 10.3 Å². The summed E-state index contributed by atoms with van der Waals surface area (Å²) in [7, 11) is 11.3. The minimum absolute atomic E-state index is 0.220. The Morgan fingerprint density at radius 3 is 1.27 bits per heavy atom. The molecule has 6 rings (SSSR count). The van der Waals surface area contributed by atoms with E-state index in [9.17, 15) is 28.8 Å². The maximum Gasteiger partial charge on any atom is 0.272 e. The molecule has 6 aromatic heterocycles. The normalized spacial score (nSPS) is 11.3. The summed E-state index contributed by atoms with van der Waals surface area (Å²) in [6.45, 7) is 6.81. The zero-order chi connectivity index (χ0) is 51.5. The quantitative estimate of drug-likeness (QED) is 0.0376. The van der Waals surface area contributed by atoms with E-state index in [0.29, 0.717) is 99.9 Å². The molecule has 10 N–H and O–H groups in total. The maximum absolute atomic E-state index is 14.0. The Morgan fingerprint density at radius 1 is 0.521 bits per heavy atom. The number of hydrogen-bond donors (Lipinski definition) is 8. The molecule has 0 atom stereocenters. The van der Waals surface area contributed by atoms with Crippen molar-refractivity contribution in [3.63, 3.8) is 0 Å². The molecule has 24 heteroatoms. The fourth-order valence-electron chi connectivity index (χ4n) is 7.66. The number of thiazole rings is 2. The van der Waals surface area contributed by atoms with Crippen LogP contribution < -0.4 is 43.4 Å². The van der Waals surface area contributed by atoms with Gasteiger partial charge in [-0.05, 0) is 111 Å². The molecule has 6 aromatic rings. The predicted molar refractivity (Wildman–Crippen MR) is 279 cm³/mol. The van der Waals surface area contributed by atoms with Crippen molar-refractivity contribution in [2.24, 2.45) is 14.1 Å². The van der Waals surface area contributed by atoms with Gasteiger partial charge in [0, 0.05) is 65.1 Å². The second-order valence-corrected chi connectivity index (χ2v) is 19.8. The smallest absolute Gasteiger partial charge is 0.272 e. The van der Waals surface area contributed by atoms with Crippen molar-refractivity contribution >= 4 is 89.8 Å². The molecule has 0 radical (unpaired) electrons. The number of carbonyl (C=O) groups is 6. The first-order chi connectivity index (χ1) is 33.8. The van der Waals surface area contributed by atoms with E-state index in [1.54, 1.807) is 83.1 Å². The van der Waals surface area contributed by atoms with E-state index in [-0.39, 0.29) is 34.3 Å². The summed E-state index contributed by atoms with van der Waals surface area (Å²) in [5, 5.41) is 18.9. The molecule has 6 amide bonds. The average molecular weight is 1010 g/mol. The molecule has 380 valence electrons. The lowest BCUT2D eigenvalue weighted by molar-refractivity contribution is 0.0936. The lowest BCUT2D eigenvalue weighted by Gasteiger charge is -2.11. The summed E-state index contributed by atoms with van der Waals surface area (Å²) in [6.07, 6.45) is 9.84. The summed E-state index contributed by atoms with van der Waals surface area (Å²) in [4.78, 5) is 93.5. The van der Waals surface area contributed by atoms with E-state index in [4.69, 9.17) is 11.5 Å². The van der Waals surface area contributed by atoms with E-state index in [1.807, 2.05) is 38.0 Å². The van der Waals surface area contributed by atoms with Gasteiger partial charge in [0.25, 0.3) is 35.4 Å². The molecule has 0 bridgehead atoms. The highest BCUT2D eigenvalue weighted by molar-refractivity contribution is 7.20. The van der Waals surface area contributed by atoms with Crippen LogP contribution in [0.2, 0.25) is 0 Å². The third-order valence-corrected chi connectivity index (χ3v) is 13.1. The highest BCUT2D eigenvalue weighted by Gasteiger charge is 2.23. The summed E-state index contributed by atoms with van der Waals surface area (Å²) in [5.41, 5.74) is 15.4. The number of amides is 6. The van der Waals surface area contributed by atoms with Crippen molar-refractivity contribution in [2.45, 2.75) is 59.0 Å². The second kappa shape index (κ2) is 24.0. The molecule has 0 aromatic carbocycles. The first kappa shape index (κ1) is 53.1. The summed E-state index contributed by atoms with van der Waals surface area (Å²) < 4.78 is 6.70. The number of nitrogen functional groups attached to an aromatic ring is 2. The monoisotopic (exact) mass is 1010 g/mol. The van der Waals surface area contributed by atoms with E-state index in [0.717, 1.165) is 48.6 Å². The van der Waals surface area contributed by atoms with E-state index in [1.165, 1.54) is 12.1 Å². The van der Waals surface area contributed by atoms with Crippen LogP contribution in [0.3, 0.4) is 0 Å². The second-order valence-electron chi connectivity index (χ2n) is 17.7. The number of nitrogens with two attached hydrogens (primary N) is 2. The Hall–Kier alpha value is -7.28. The number of rotatable bonds is 24. The Kier molecular flexibility index (Phi) is 18.0. The number of nitrogens with one attached hydrogen (secondary N) is 6. The van der Waals surface area contributed by atoms with Gasteiger partial charge in [-0.3, -0.25) is 28.8 Å². The van der Waals surface area contributed by atoms with E-state index in [2.05, 4.69) is 41.9 Å². The van der Waals surface area contributed by atoms with Gasteiger partial charge in [0.2, 0.25) is 0 Å². The van der Waals surface area contributed by atoms with Crippen LogP contribution in [0.15, 0.2) is 49.1 Å². The van der Waals surface area contributed by atoms with Crippen molar-refractivity contribution in [3.8, 4) is 0 Å². The molecule has 0 unspecified atom stereocenters. The minimum Gasteiger partial charge on any atom is -0.375 e. The minimum atomic E-state index is -0.484. The van der Waals surface area contributed by atoms with Crippen molar-refractivity contribution in [3.05, 3.63) is 94.3 Å². The van der Waals surface area contributed by atoms with Crippen LogP contribution in [0, 0.1) is 13.8 Å². The largest absolute Gasteiger partial charge is 0.375 e. The SMILES string of the molecule is Cc1nc(N)sc1NC(=O)c1cc(C(=O)Nc2cc(C(=O)NCCCN(C)C)n(C)c2)n(CCCCCn2cc(C(=O)Nc3sc(N)nc3C)cc2C(=O)Nc2cc(C(=O)NCCCN(C)C)n(C)c2)c1. The third-order valence-electron chi connectivity index (χ3n) is 11.3. The van der Waals surface area contributed by atoms with Crippen LogP contribution in [0.1, 0.15) is 106 Å². The van der Waals surface area contributed by atoms with Crippen LogP contribution in [0.25, 0.3) is 0 Å². The van der Waals surface area contributed by atoms with Gasteiger partial charge < -0.3 is 71.4 Å². The van der Waals surface area contributed by atoms with Gasteiger partial charge in [-0.2, -0.15) is 0 Å². The number of carbonyl (C=O) groups excluding carboxylic acids is 6. The molecule has 6 heterocycles. The summed E-state index contributed by atoms with van der Waals surface area (Å²) in [5.74, 6) is -2.40. The molecule has 71 heavy (non-hydrogen) atoms. The maximum atomic E-state index is 14.0. The van der Waals surface area contributed by atoms with Gasteiger partial charge in [0.05, 0.1) is 33.9 Å². The summed E-state index contributed by atoms with van der Waals surface area (Å²) in [6, 6.07) is 6.23. The molecule has 22 nitrogen and oxygen atoms in total. The Bertz CT molecular complexity index is 2690. The molecule has 0 saturated heterocycles. The number of aromatic nitrogens is 6. The highest BCUT2D eigenvalue weighted by Crippen LogP contribution is 2.28. The van der Waals surface area contributed by atoms with Gasteiger partial charge >= 0.3 is 0 Å². The molecular weight excluding hydrogens is 949 g/mol. The number of hydrogen-bond acceptors (Lipinski definition) is 14. The summed E-state index contributed by atoms with van der Waals surface area (Å²) >= 11 is 2.28. The molecule has 0 saturated carbocycles. The first-order valence-corrected chi connectivity index (χ1v) is 24.7. The molecule has 0 aliphatic carbocycles. The van der Waals surface area contributed by atoms with Crippen LogP contribution in [0.4, 0.5) is 31.6 Å². The molecule has 0 spiro atoms. The van der Waals surface area contributed by atoms with Crippen molar-refractivity contribution in [2.75, 3.05) is 87.1 Å². The standard InChI is InChI=1S/C47H64N16O6S2/c1-28-44(70-46(48)52-28)56-38(64)30-20-36(42(68)54-32-22-34(60(7)26-32)40(66)50-14-12-16-58(3)4)62(24-30)18-10-9-11-19-63-25-31(39(65)57-45-29(2)53-47(49)71-45)21-37(63)43(69)55-33-23-35(61(8)27-33)41(67)51-15-13-17-59(5)6/h20-27H,9-19H2,1-8H3,(H2,48,52)(H2,49,53)(H,50,66)(H,51,67)(H,54,68)(H,55,69)(H,56,64)(H,57,65). The topological polar surface area (TPSA) is 279 Å².